The third-order valence-corrected chi connectivity index (χ3v) is 3.17. The molecule has 0 radical (unpaired) electrons. The molecule has 5 nitrogen and oxygen atoms in total. The molecule has 1 aromatic rings. The first kappa shape index (κ1) is 12.8. The minimum absolute atomic E-state index is 0.0204. The minimum Gasteiger partial charge on any atom is -0.352 e. The lowest BCUT2D eigenvalue weighted by atomic mass is 9.95. The second-order valence-corrected chi connectivity index (χ2v) is 4.78. The quantitative estimate of drug-likeness (QED) is 0.850. The Hall–Kier alpha value is -1.65. The largest absolute Gasteiger partial charge is 0.352 e. The number of nitrogens with one attached hydrogen (secondary N) is 2. The van der Waals surface area contributed by atoms with E-state index in [2.05, 4.69) is 20.6 Å². The van der Waals surface area contributed by atoms with Crippen molar-refractivity contribution in [2.75, 3.05) is 11.9 Å². The number of amides is 1. The van der Waals surface area contributed by atoms with E-state index in [1.165, 1.54) is 19.3 Å². The summed E-state index contributed by atoms with van der Waals surface area (Å²) in [5, 5.41) is 5.99. The molecule has 0 bridgehead atoms. The number of aryl methyl sites for hydroxylation is 1. The number of aromatic nitrogens is 2. The van der Waals surface area contributed by atoms with E-state index in [4.69, 9.17) is 0 Å². The number of carbonyl (C=O) groups excluding carboxylic acids is 1. The van der Waals surface area contributed by atoms with Gasteiger partial charge in [-0.1, -0.05) is 19.3 Å². The Bertz CT molecular complexity index is 402. The molecule has 0 saturated heterocycles. The van der Waals surface area contributed by atoms with Crippen LogP contribution in [-0.4, -0.2) is 28.5 Å². The Balaban J connectivity index is 1.74. The van der Waals surface area contributed by atoms with Crippen molar-refractivity contribution in [2.24, 2.45) is 0 Å². The van der Waals surface area contributed by atoms with Crippen molar-refractivity contribution < 1.29 is 4.79 Å². The average molecular weight is 248 g/mol. The van der Waals surface area contributed by atoms with E-state index in [1.807, 2.05) is 13.0 Å². The molecule has 1 saturated carbocycles. The van der Waals surface area contributed by atoms with Crippen molar-refractivity contribution in [3.05, 3.63) is 18.0 Å². The van der Waals surface area contributed by atoms with Gasteiger partial charge in [0.25, 0.3) is 0 Å². The Kier molecular flexibility index (Phi) is 4.50. The fraction of sp³-hybridized carbons (Fsp3) is 0.615. The third kappa shape index (κ3) is 3.98. The Morgan fingerprint density at radius 1 is 1.39 bits per heavy atom. The lowest BCUT2D eigenvalue weighted by molar-refractivity contribution is -0.120. The molecule has 1 aliphatic carbocycles. The molecule has 0 spiro atoms. The van der Waals surface area contributed by atoms with Crippen LogP contribution in [0.2, 0.25) is 0 Å². The molecule has 2 N–H and O–H groups in total. The van der Waals surface area contributed by atoms with Crippen LogP contribution in [-0.2, 0) is 4.79 Å². The van der Waals surface area contributed by atoms with Crippen LogP contribution in [0.1, 0.15) is 37.8 Å². The van der Waals surface area contributed by atoms with Crippen molar-refractivity contribution in [1.82, 2.24) is 15.3 Å². The average Bonchev–Trinajstić information content (AvgIpc) is 2.38. The van der Waals surface area contributed by atoms with Gasteiger partial charge in [-0.3, -0.25) is 4.79 Å². The molecule has 98 valence electrons. The summed E-state index contributed by atoms with van der Waals surface area (Å²) < 4.78 is 0. The lowest BCUT2D eigenvalue weighted by Crippen LogP contribution is -2.39. The summed E-state index contributed by atoms with van der Waals surface area (Å²) in [4.78, 5) is 20.0. The minimum atomic E-state index is 0.0204. The van der Waals surface area contributed by atoms with Crippen LogP contribution in [0.25, 0.3) is 0 Å². The monoisotopic (exact) mass is 248 g/mol. The second kappa shape index (κ2) is 6.33. The number of rotatable bonds is 4. The summed E-state index contributed by atoms with van der Waals surface area (Å²) in [6, 6.07) is 2.18. The van der Waals surface area contributed by atoms with Gasteiger partial charge in [-0.25, -0.2) is 9.97 Å². The summed E-state index contributed by atoms with van der Waals surface area (Å²) in [5.74, 6) is 0.529. The molecule has 2 rings (SSSR count). The predicted molar refractivity (Wildman–Crippen MR) is 70.3 cm³/mol. The highest BCUT2D eigenvalue weighted by atomic mass is 16.2. The maximum absolute atomic E-state index is 11.7. The van der Waals surface area contributed by atoms with E-state index >= 15 is 0 Å². The summed E-state index contributed by atoms with van der Waals surface area (Å²) in [6.45, 7) is 2.13. The third-order valence-electron chi connectivity index (χ3n) is 3.17. The Labute approximate surface area is 107 Å². The van der Waals surface area contributed by atoms with E-state index in [1.54, 1.807) is 6.20 Å². The molecule has 1 amide bonds. The molecule has 0 atom stereocenters. The molecular formula is C13H20N4O. The van der Waals surface area contributed by atoms with Crippen molar-refractivity contribution in [2.45, 2.75) is 45.1 Å². The highest BCUT2D eigenvalue weighted by Gasteiger charge is 2.15. The van der Waals surface area contributed by atoms with Crippen LogP contribution in [0.3, 0.4) is 0 Å². The number of hydrogen-bond donors (Lipinski definition) is 2. The van der Waals surface area contributed by atoms with Crippen molar-refractivity contribution in [3.8, 4) is 0 Å². The van der Waals surface area contributed by atoms with Gasteiger partial charge in [0.05, 0.1) is 6.54 Å². The Morgan fingerprint density at radius 3 is 2.89 bits per heavy atom. The fourth-order valence-corrected chi connectivity index (χ4v) is 2.22. The van der Waals surface area contributed by atoms with E-state index in [9.17, 15) is 4.79 Å². The number of nitrogens with zero attached hydrogens (tertiary/aromatic N) is 2. The first-order chi connectivity index (χ1) is 8.74. The Morgan fingerprint density at radius 2 is 2.17 bits per heavy atom. The molecule has 18 heavy (non-hydrogen) atoms. The van der Waals surface area contributed by atoms with Crippen molar-refractivity contribution >= 4 is 11.9 Å². The van der Waals surface area contributed by atoms with Gasteiger partial charge in [-0.2, -0.15) is 0 Å². The van der Waals surface area contributed by atoms with Gasteiger partial charge >= 0.3 is 0 Å². The molecule has 0 unspecified atom stereocenters. The van der Waals surface area contributed by atoms with Crippen LogP contribution in [0, 0.1) is 6.92 Å². The lowest BCUT2D eigenvalue weighted by Gasteiger charge is -2.22. The number of carbonyl (C=O) groups is 1. The van der Waals surface area contributed by atoms with E-state index in [0.29, 0.717) is 12.0 Å². The van der Waals surface area contributed by atoms with Crippen LogP contribution in [0.4, 0.5) is 5.95 Å². The standard InChI is InChI=1S/C13H20N4O/c1-10-7-8-14-13(16-10)15-9-12(18)17-11-5-3-2-4-6-11/h7-8,11H,2-6,9H2,1H3,(H,17,18)(H,14,15,16). The smallest absolute Gasteiger partial charge is 0.239 e. The summed E-state index contributed by atoms with van der Waals surface area (Å²) >= 11 is 0. The maximum atomic E-state index is 11.7. The van der Waals surface area contributed by atoms with Crippen molar-refractivity contribution in [1.29, 1.82) is 0 Å². The number of hydrogen-bond acceptors (Lipinski definition) is 4. The summed E-state index contributed by atoms with van der Waals surface area (Å²) in [6.07, 6.45) is 7.63. The molecular weight excluding hydrogens is 228 g/mol. The molecule has 1 heterocycles. The SMILES string of the molecule is Cc1ccnc(NCC(=O)NC2CCCCC2)n1. The van der Waals surface area contributed by atoms with E-state index in [0.717, 1.165) is 18.5 Å². The van der Waals surface area contributed by atoms with Gasteiger partial charge in [0.1, 0.15) is 0 Å². The van der Waals surface area contributed by atoms with Crippen LogP contribution < -0.4 is 10.6 Å². The fourth-order valence-electron chi connectivity index (χ4n) is 2.22. The zero-order chi connectivity index (χ0) is 12.8. The van der Waals surface area contributed by atoms with Gasteiger partial charge in [-0.15, -0.1) is 0 Å². The normalized spacial score (nSPS) is 16.3. The topological polar surface area (TPSA) is 66.9 Å². The van der Waals surface area contributed by atoms with Crippen molar-refractivity contribution in [3.63, 3.8) is 0 Å². The predicted octanol–water partition coefficient (Wildman–Crippen LogP) is 1.65. The summed E-state index contributed by atoms with van der Waals surface area (Å²) in [7, 11) is 0. The number of anilines is 1. The molecule has 1 fully saturated rings. The van der Waals surface area contributed by atoms with E-state index in [-0.39, 0.29) is 12.5 Å². The van der Waals surface area contributed by atoms with Crippen LogP contribution in [0.15, 0.2) is 12.3 Å². The van der Waals surface area contributed by atoms with Gasteiger partial charge in [0.2, 0.25) is 11.9 Å². The molecule has 1 aliphatic rings. The first-order valence-electron chi connectivity index (χ1n) is 6.57. The molecule has 0 aromatic carbocycles. The maximum Gasteiger partial charge on any atom is 0.239 e. The highest BCUT2D eigenvalue weighted by molar-refractivity contribution is 5.80. The molecule has 1 aromatic heterocycles. The zero-order valence-corrected chi connectivity index (χ0v) is 10.8. The first-order valence-corrected chi connectivity index (χ1v) is 6.57. The van der Waals surface area contributed by atoms with Gasteiger partial charge in [0, 0.05) is 17.9 Å². The second-order valence-electron chi connectivity index (χ2n) is 4.78. The van der Waals surface area contributed by atoms with Crippen LogP contribution in [0.5, 0.6) is 0 Å². The van der Waals surface area contributed by atoms with Gasteiger partial charge in [0.15, 0.2) is 0 Å². The van der Waals surface area contributed by atoms with Gasteiger partial charge in [-0.05, 0) is 25.8 Å². The van der Waals surface area contributed by atoms with Crippen LogP contribution >= 0.6 is 0 Å². The molecule has 5 heteroatoms. The zero-order valence-electron chi connectivity index (χ0n) is 10.8. The summed E-state index contributed by atoms with van der Waals surface area (Å²) in [5.41, 5.74) is 0.889. The van der Waals surface area contributed by atoms with Gasteiger partial charge < -0.3 is 10.6 Å². The molecule has 0 aliphatic heterocycles. The highest BCUT2D eigenvalue weighted by Crippen LogP contribution is 2.17. The van der Waals surface area contributed by atoms with E-state index < -0.39 is 0 Å².